The van der Waals surface area contributed by atoms with Crippen LogP contribution >= 0.6 is 0 Å². The fourth-order valence-electron chi connectivity index (χ4n) is 3.90. The highest BCUT2D eigenvalue weighted by molar-refractivity contribution is 5.73. The summed E-state index contributed by atoms with van der Waals surface area (Å²) in [6, 6.07) is 0.0821. The first-order chi connectivity index (χ1) is 16.2. The van der Waals surface area contributed by atoms with E-state index in [0.717, 1.165) is 31.6 Å². The summed E-state index contributed by atoms with van der Waals surface area (Å²) in [4.78, 5) is 24.8. The number of rotatable bonds is 6. The molecule has 2 aliphatic rings. The van der Waals surface area contributed by atoms with Crippen LogP contribution in [0.1, 0.15) is 46.2 Å². The number of halogens is 1. The van der Waals surface area contributed by atoms with Gasteiger partial charge in [-0.05, 0) is 52.7 Å². The predicted molar refractivity (Wildman–Crippen MR) is 131 cm³/mol. The van der Waals surface area contributed by atoms with Gasteiger partial charge in [-0.3, -0.25) is 0 Å². The van der Waals surface area contributed by atoms with Crippen LogP contribution < -0.4 is 5.32 Å². The summed E-state index contributed by atoms with van der Waals surface area (Å²) in [7, 11) is 0. The zero-order valence-electron chi connectivity index (χ0n) is 20.6. The van der Waals surface area contributed by atoms with Crippen LogP contribution in [0.3, 0.4) is 0 Å². The number of amides is 1. The third-order valence-electron chi connectivity index (χ3n) is 5.70. The van der Waals surface area contributed by atoms with Crippen LogP contribution in [-0.4, -0.2) is 76.9 Å². The number of hydrogen-bond acceptors (Lipinski definition) is 7. The lowest BCUT2D eigenvalue weighted by Gasteiger charge is -2.33. The van der Waals surface area contributed by atoms with Crippen molar-refractivity contribution in [2.75, 3.05) is 44.7 Å². The molecule has 0 unspecified atom stereocenters. The van der Waals surface area contributed by atoms with Crippen molar-refractivity contribution in [3.63, 3.8) is 0 Å². The minimum atomic E-state index is -0.517. The van der Waals surface area contributed by atoms with Gasteiger partial charge in [0.2, 0.25) is 5.95 Å². The van der Waals surface area contributed by atoms with E-state index in [1.165, 1.54) is 6.20 Å². The Balaban J connectivity index is 1.67. The topological polar surface area (TPSA) is 79.8 Å². The lowest BCUT2D eigenvalue weighted by atomic mass is 10.1. The van der Waals surface area contributed by atoms with E-state index >= 15 is 0 Å². The number of hydrogen-bond donors (Lipinski definition) is 1. The largest absolute Gasteiger partial charge is 0.444 e. The van der Waals surface area contributed by atoms with Crippen molar-refractivity contribution in [1.29, 1.82) is 0 Å². The van der Waals surface area contributed by atoms with Gasteiger partial charge in [0.05, 0.1) is 19.4 Å². The Morgan fingerprint density at radius 1 is 1.24 bits per heavy atom. The smallest absolute Gasteiger partial charge is 0.410 e. The van der Waals surface area contributed by atoms with Gasteiger partial charge < -0.3 is 24.6 Å². The Kier molecular flexibility index (Phi) is 8.66. The third-order valence-corrected chi connectivity index (χ3v) is 5.70. The van der Waals surface area contributed by atoms with Crippen molar-refractivity contribution in [2.45, 2.75) is 52.2 Å². The summed E-state index contributed by atoms with van der Waals surface area (Å²) in [5.41, 5.74) is 1.28. The summed E-state index contributed by atoms with van der Waals surface area (Å²) in [6.07, 6.45) is 7.85. The van der Waals surface area contributed by atoms with Crippen LogP contribution in [0.4, 0.5) is 15.1 Å². The lowest BCUT2D eigenvalue weighted by molar-refractivity contribution is 0.0210. The molecule has 2 saturated heterocycles. The Bertz CT molecular complexity index is 927. The van der Waals surface area contributed by atoms with E-state index in [9.17, 15) is 9.18 Å². The first-order valence-corrected chi connectivity index (χ1v) is 11.8. The summed E-state index contributed by atoms with van der Waals surface area (Å²) >= 11 is 0. The fourth-order valence-corrected chi connectivity index (χ4v) is 3.90. The Morgan fingerprint density at radius 2 is 1.91 bits per heavy atom. The summed E-state index contributed by atoms with van der Waals surface area (Å²) in [5.74, 6) is -0.119. The second-order valence-electron chi connectivity index (χ2n) is 9.39. The number of piperidine rings is 1. The average Bonchev–Trinajstić information content (AvgIpc) is 2.81. The molecule has 1 N–H and O–H groups in total. The summed E-state index contributed by atoms with van der Waals surface area (Å²) in [6.45, 7) is 15.3. The molecule has 8 nitrogen and oxygen atoms in total. The van der Waals surface area contributed by atoms with E-state index in [4.69, 9.17) is 9.47 Å². The Hall–Kier alpha value is -2.94. The number of anilines is 1. The highest BCUT2D eigenvalue weighted by Crippen LogP contribution is 2.23. The molecule has 1 aromatic heterocycles. The van der Waals surface area contributed by atoms with Crippen LogP contribution in [-0.2, 0) is 9.47 Å². The monoisotopic (exact) mass is 473 g/mol. The number of aromatic nitrogens is 2. The molecular weight excluding hydrogens is 437 g/mol. The molecule has 0 bridgehead atoms. The van der Waals surface area contributed by atoms with E-state index in [-0.39, 0.29) is 17.8 Å². The van der Waals surface area contributed by atoms with Crippen molar-refractivity contribution in [3.05, 3.63) is 48.2 Å². The number of nitrogens with one attached hydrogen (secondary N) is 1. The number of morpholine rings is 1. The number of nitrogens with zero attached hydrogens (tertiary/aromatic N) is 4. The molecule has 0 spiro atoms. The molecule has 2 aliphatic heterocycles. The van der Waals surface area contributed by atoms with E-state index < -0.39 is 11.4 Å². The van der Waals surface area contributed by atoms with Gasteiger partial charge in [-0.1, -0.05) is 12.7 Å². The first kappa shape index (κ1) is 25.7. The van der Waals surface area contributed by atoms with Gasteiger partial charge in [0, 0.05) is 43.5 Å². The van der Waals surface area contributed by atoms with Gasteiger partial charge in [-0.25, -0.2) is 19.2 Å². The zero-order chi connectivity index (χ0) is 24.7. The molecule has 0 radical (unpaired) electrons. The normalized spacial score (nSPS) is 18.6. The first-order valence-electron chi connectivity index (χ1n) is 11.8. The molecule has 3 heterocycles. The molecule has 0 saturated carbocycles. The van der Waals surface area contributed by atoms with Gasteiger partial charge in [0.15, 0.2) is 5.82 Å². The Morgan fingerprint density at radius 3 is 2.50 bits per heavy atom. The molecule has 3 rings (SSSR count). The van der Waals surface area contributed by atoms with E-state index in [0.29, 0.717) is 37.8 Å². The van der Waals surface area contributed by atoms with Crippen molar-refractivity contribution in [2.24, 2.45) is 0 Å². The average molecular weight is 474 g/mol. The van der Waals surface area contributed by atoms with Crippen molar-refractivity contribution >= 4 is 17.6 Å². The number of ether oxygens (including phenoxy) is 2. The van der Waals surface area contributed by atoms with Crippen LogP contribution in [0.2, 0.25) is 0 Å². The Labute approximate surface area is 201 Å². The van der Waals surface area contributed by atoms with Crippen molar-refractivity contribution in [1.82, 2.24) is 19.8 Å². The van der Waals surface area contributed by atoms with Gasteiger partial charge >= 0.3 is 6.09 Å². The SMILES string of the molecule is C=C/C(=C\C(=C/C)c1nc(NC2CCN(C(=O)OC(C)(C)C)CC2)ncc1F)N1CCOCC1. The van der Waals surface area contributed by atoms with Gasteiger partial charge in [0.1, 0.15) is 11.3 Å². The minimum absolute atomic E-state index is 0.0821. The maximum atomic E-state index is 14.7. The summed E-state index contributed by atoms with van der Waals surface area (Å²) in [5, 5.41) is 3.30. The molecule has 9 heteroatoms. The van der Waals surface area contributed by atoms with E-state index in [1.54, 1.807) is 11.0 Å². The quantitative estimate of drug-likeness (QED) is 0.619. The highest BCUT2D eigenvalue weighted by atomic mass is 19.1. The molecule has 1 aromatic rings. The molecule has 0 atom stereocenters. The van der Waals surface area contributed by atoms with E-state index in [2.05, 4.69) is 26.8 Å². The molecular formula is C25H36FN5O3. The second-order valence-corrected chi connectivity index (χ2v) is 9.39. The minimum Gasteiger partial charge on any atom is -0.444 e. The predicted octanol–water partition coefficient (Wildman–Crippen LogP) is 4.23. The maximum Gasteiger partial charge on any atom is 0.410 e. The number of likely N-dealkylation sites (tertiary alicyclic amines) is 1. The van der Waals surface area contributed by atoms with E-state index in [1.807, 2.05) is 39.8 Å². The van der Waals surface area contributed by atoms with Gasteiger partial charge in [-0.2, -0.15) is 0 Å². The number of allylic oxidation sites excluding steroid dienone is 4. The number of carbonyl (C=O) groups excluding carboxylic acids is 1. The van der Waals surface area contributed by atoms with Gasteiger partial charge in [0.25, 0.3) is 0 Å². The lowest BCUT2D eigenvalue weighted by Crippen LogP contribution is -2.44. The summed E-state index contributed by atoms with van der Waals surface area (Å²) < 4.78 is 25.6. The molecule has 2 fully saturated rings. The maximum absolute atomic E-state index is 14.7. The number of carbonyl (C=O) groups is 1. The van der Waals surface area contributed by atoms with Gasteiger partial charge in [-0.15, -0.1) is 0 Å². The third kappa shape index (κ3) is 7.03. The van der Waals surface area contributed by atoms with Crippen molar-refractivity contribution in [3.8, 4) is 0 Å². The van der Waals surface area contributed by atoms with Crippen LogP contribution in [0.25, 0.3) is 5.57 Å². The zero-order valence-corrected chi connectivity index (χ0v) is 20.6. The molecule has 1 amide bonds. The van der Waals surface area contributed by atoms with Crippen molar-refractivity contribution < 1.29 is 18.7 Å². The fraction of sp³-hybridized carbons (Fsp3) is 0.560. The molecule has 0 aromatic carbocycles. The van der Waals surface area contributed by atoms with Crippen LogP contribution in [0.15, 0.2) is 36.7 Å². The molecule has 186 valence electrons. The molecule has 34 heavy (non-hydrogen) atoms. The second kappa shape index (κ2) is 11.5. The standard InChI is InChI=1S/C25H36FN5O3/c1-6-18(16-20(7-2)30-12-14-33-15-13-30)22-21(26)17-27-23(29-22)28-19-8-10-31(11-9-19)24(32)34-25(3,4)5/h6-7,16-17,19H,2,8-15H2,1,3-5H3,(H,27,28,29)/b18-6+,20-16+. The van der Waals surface area contributed by atoms with Crippen LogP contribution in [0, 0.1) is 5.82 Å². The van der Waals surface area contributed by atoms with Crippen LogP contribution in [0.5, 0.6) is 0 Å². The highest BCUT2D eigenvalue weighted by Gasteiger charge is 2.27. The molecule has 0 aliphatic carbocycles.